The Labute approximate surface area is 116 Å². The van der Waals surface area contributed by atoms with E-state index in [1.165, 1.54) is 0 Å². The van der Waals surface area contributed by atoms with Gasteiger partial charge in [0.2, 0.25) is 6.10 Å². The Balaban J connectivity index is 2.83. The second-order valence-electron chi connectivity index (χ2n) is 3.61. The summed E-state index contributed by atoms with van der Waals surface area (Å²) in [6.07, 6.45) is -1.53. The maximum atomic E-state index is 11.4. The van der Waals surface area contributed by atoms with Crippen LogP contribution >= 0.6 is 0 Å². The summed E-state index contributed by atoms with van der Waals surface area (Å²) < 4.78 is 9.62. The van der Waals surface area contributed by atoms with Crippen molar-refractivity contribution < 1.29 is 24.2 Å². The number of hydrogen-bond donors (Lipinski definition) is 1. The first-order chi connectivity index (χ1) is 9.62. The molecule has 104 valence electrons. The lowest BCUT2D eigenvalue weighted by atomic mass is 10.2. The minimum absolute atomic E-state index is 0.108. The third kappa shape index (κ3) is 4.25. The average molecular weight is 274 g/mol. The van der Waals surface area contributed by atoms with Crippen molar-refractivity contribution in [2.24, 2.45) is 0 Å². The Morgan fingerprint density at radius 1 is 1.45 bits per heavy atom. The molecule has 1 N–H and O–H groups in total. The number of esters is 1. The van der Waals surface area contributed by atoms with Crippen LogP contribution in [0.4, 0.5) is 0 Å². The zero-order chi connectivity index (χ0) is 15.0. The Hall–Kier alpha value is -2.61. The molecule has 6 heteroatoms. The molecule has 1 aromatic carbocycles. The summed E-state index contributed by atoms with van der Waals surface area (Å²) >= 11 is 0. The molecule has 0 spiro atoms. The van der Waals surface area contributed by atoms with E-state index in [0.29, 0.717) is 11.3 Å². The van der Waals surface area contributed by atoms with Crippen molar-refractivity contribution in [3.05, 3.63) is 35.4 Å². The summed E-state index contributed by atoms with van der Waals surface area (Å²) in [6.45, 7) is 1.71. The van der Waals surface area contributed by atoms with Gasteiger partial charge in [-0.15, -0.1) is 0 Å². The van der Waals surface area contributed by atoms with Crippen LogP contribution in [-0.2, 0) is 9.53 Å². The van der Waals surface area contributed by atoms with Crippen molar-refractivity contribution >= 4 is 11.7 Å². The normalized spacial score (nSPS) is 10.6. The number of carbonyl (C=O) groups is 1. The van der Waals surface area contributed by atoms with Crippen molar-refractivity contribution in [1.29, 1.82) is 0 Å². The Morgan fingerprint density at radius 3 is 2.60 bits per heavy atom. The highest BCUT2D eigenvalue weighted by Crippen LogP contribution is 2.10. The van der Waals surface area contributed by atoms with Gasteiger partial charge >= 0.3 is 11.7 Å². The van der Waals surface area contributed by atoms with Crippen LogP contribution in [0.3, 0.4) is 0 Å². The van der Waals surface area contributed by atoms with Gasteiger partial charge in [-0.25, -0.2) is 4.79 Å². The summed E-state index contributed by atoms with van der Waals surface area (Å²) in [7, 11) is 1.55. The van der Waals surface area contributed by atoms with Crippen LogP contribution in [0.25, 0.3) is 5.53 Å². The van der Waals surface area contributed by atoms with Crippen LogP contribution in [0.5, 0.6) is 5.75 Å². The van der Waals surface area contributed by atoms with Gasteiger partial charge in [-0.1, -0.05) is 11.8 Å². The number of aliphatic hydroxyl groups excluding tert-OH is 1. The zero-order valence-corrected chi connectivity index (χ0v) is 11.2. The molecule has 0 amide bonds. The van der Waals surface area contributed by atoms with Crippen LogP contribution in [0, 0.1) is 11.8 Å². The fraction of sp³-hybridized carbons (Fsp3) is 0.286. The first-order valence-corrected chi connectivity index (χ1v) is 5.85. The lowest BCUT2D eigenvalue weighted by Crippen LogP contribution is -2.30. The molecule has 0 fully saturated rings. The average Bonchev–Trinajstić information content (AvgIpc) is 2.46. The van der Waals surface area contributed by atoms with Crippen LogP contribution in [0.1, 0.15) is 12.5 Å². The first kappa shape index (κ1) is 15.4. The van der Waals surface area contributed by atoms with E-state index in [-0.39, 0.29) is 6.61 Å². The predicted molar refractivity (Wildman–Crippen MR) is 71.1 cm³/mol. The Bertz CT molecular complexity index is 577. The van der Waals surface area contributed by atoms with Crippen LogP contribution in [0.2, 0.25) is 0 Å². The third-order valence-corrected chi connectivity index (χ3v) is 2.29. The van der Waals surface area contributed by atoms with Gasteiger partial charge in [0.15, 0.2) is 0 Å². The van der Waals surface area contributed by atoms with Gasteiger partial charge in [-0.05, 0) is 31.2 Å². The molecule has 0 heterocycles. The third-order valence-electron chi connectivity index (χ3n) is 2.29. The molecule has 1 unspecified atom stereocenters. The minimum atomic E-state index is -1.53. The number of benzene rings is 1. The van der Waals surface area contributed by atoms with E-state index in [0.717, 1.165) is 0 Å². The monoisotopic (exact) mass is 274 g/mol. The summed E-state index contributed by atoms with van der Waals surface area (Å²) in [5, 5.41) is 9.68. The molecule has 0 saturated heterocycles. The van der Waals surface area contributed by atoms with Crippen LogP contribution < -0.4 is 4.74 Å². The maximum absolute atomic E-state index is 11.4. The van der Waals surface area contributed by atoms with E-state index in [1.807, 2.05) is 0 Å². The maximum Gasteiger partial charge on any atom is 0.421 e. The minimum Gasteiger partial charge on any atom is -0.497 e. The number of ether oxygens (including phenoxy) is 2. The zero-order valence-electron chi connectivity index (χ0n) is 11.2. The van der Waals surface area contributed by atoms with E-state index < -0.39 is 17.8 Å². The van der Waals surface area contributed by atoms with Gasteiger partial charge in [-0.3, -0.25) is 0 Å². The summed E-state index contributed by atoms with van der Waals surface area (Å²) in [5.74, 6) is 4.82. The van der Waals surface area contributed by atoms with Crippen LogP contribution in [-0.4, -0.2) is 41.4 Å². The van der Waals surface area contributed by atoms with Crippen LogP contribution in [0.15, 0.2) is 24.3 Å². The van der Waals surface area contributed by atoms with Gasteiger partial charge in [0.25, 0.3) is 0 Å². The number of hydrogen-bond acceptors (Lipinski definition) is 4. The highest BCUT2D eigenvalue weighted by molar-refractivity contribution is 6.36. The van der Waals surface area contributed by atoms with E-state index in [4.69, 9.17) is 10.3 Å². The molecule has 0 aromatic heterocycles. The second-order valence-corrected chi connectivity index (χ2v) is 3.61. The van der Waals surface area contributed by atoms with E-state index in [1.54, 1.807) is 38.3 Å². The van der Waals surface area contributed by atoms with Gasteiger partial charge in [0.1, 0.15) is 5.75 Å². The molecule has 0 aliphatic heterocycles. The quantitative estimate of drug-likeness (QED) is 0.287. The van der Waals surface area contributed by atoms with Gasteiger partial charge in [0, 0.05) is 5.56 Å². The van der Waals surface area contributed by atoms with E-state index >= 15 is 0 Å². The highest BCUT2D eigenvalue weighted by Gasteiger charge is 2.29. The van der Waals surface area contributed by atoms with Crippen molar-refractivity contribution in [2.45, 2.75) is 13.0 Å². The smallest absolute Gasteiger partial charge is 0.421 e. The second kappa shape index (κ2) is 7.74. The SMILES string of the molecule is CCOC(=O)C(=[N+]=[N-])C(O)C#Cc1ccc(OC)cc1. The van der Waals surface area contributed by atoms with E-state index in [9.17, 15) is 9.90 Å². The van der Waals surface area contributed by atoms with Crippen molar-refractivity contribution in [2.75, 3.05) is 13.7 Å². The number of nitrogens with zero attached hydrogens (tertiary/aromatic N) is 2. The number of carbonyl (C=O) groups excluding carboxylic acids is 1. The fourth-order valence-electron chi connectivity index (χ4n) is 1.31. The molecule has 1 aromatic rings. The van der Waals surface area contributed by atoms with Gasteiger partial charge < -0.3 is 20.1 Å². The standard InChI is InChI=1S/C14H14N2O4/c1-3-20-14(18)13(16-15)12(17)9-6-10-4-7-11(19-2)8-5-10/h4-5,7-8,12,17H,3H2,1-2H3. The molecule has 0 aliphatic rings. The lowest BCUT2D eigenvalue weighted by Gasteiger charge is -1.99. The lowest BCUT2D eigenvalue weighted by molar-refractivity contribution is -0.140. The Kier molecular flexibility index (Phi) is 5.98. The largest absolute Gasteiger partial charge is 0.497 e. The fourth-order valence-corrected chi connectivity index (χ4v) is 1.31. The Morgan fingerprint density at radius 2 is 2.10 bits per heavy atom. The molecule has 20 heavy (non-hydrogen) atoms. The molecule has 1 atom stereocenters. The molecule has 0 radical (unpaired) electrons. The number of rotatable bonds is 4. The summed E-state index contributed by atoms with van der Waals surface area (Å²) in [6, 6.07) is 6.81. The number of methoxy groups -OCH3 is 1. The van der Waals surface area contributed by atoms with Gasteiger partial charge in [0.05, 0.1) is 13.7 Å². The molecule has 6 nitrogen and oxygen atoms in total. The number of aliphatic hydroxyl groups is 1. The first-order valence-electron chi connectivity index (χ1n) is 5.85. The van der Waals surface area contributed by atoms with Gasteiger partial charge in [-0.2, -0.15) is 4.79 Å². The molecule has 0 aliphatic carbocycles. The molecule has 0 bridgehead atoms. The molecular weight excluding hydrogens is 260 g/mol. The van der Waals surface area contributed by atoms with Crippen molar-refractivity contribution in [3.63, 3.8) is 0 Å². The van der Waals surface area contributed by atoms with Crippen molar-refractivity contribution in [3.8, 4) is 17.6 Å². The molecule has 0 saturated carbocycles. The van der Waals surface area contributed by atoms with E-state index in [2.05, 4.69) is 21.4 Å². The predicted octanol–water partition coefficient (Wildman–Crippen LogP) is 0.641. The highest BCUT2D eigenvalue weighted by atomic mass is 16.5. The van der Waals surface area contributed by atoms with Crippen molar-refractivity contribution in [1.82, 2.24) is 0 Å². The summed E-state index contributed by atoms with van der Waals surface area (Å²) in [5.41, 5.74) is 8.77. The topological polar surface area (TPSA) is 92.2 Å². The summed E-state index contributed by atoms with van der Waals surface area (Å²) in [4.78, 5) is 14.1. The molecular formula is C14H14N2O4. The molecule has 1 rings (SSSR count).